The van der Waals surface area contributed by atoms with Crippen LogP contribution in [-0.4, -0.2) is 50.1 Å². The fraction of sp³-hybridized carbons (Fsp3) is 0.400. The summed E-state index contributed by atoms with van der Waals surface area (Å²) in [6.07, 6.45) is 0. The van der Waals surface area contributed by atoms with Crippen LogP contribution in [0, 0.1) is 12.8 Å². The number of amides is 2. The van der Waals surface area contributed by atoms with Gasteiger partial charge in [-0.2, -0.15) is 0 Å². The third-order valence-corrected chi connectivity index (χ3v) is 5.64. The van der Waals surface area contributed by atoms with Gasteiger partial charge in [0.2, 0.25) is 5.91 Å². The number of rotatable bonds is 6. The third kappa shape index (κ3) is 4.14. The standard InChI is InChI=1S/C20H24N2O3S/c1-14-5-7-15(8-6-14)16-12-22(20(24)18-4-3-11-26-18)13-17(16)19(23)21-9-10-25-2/h3-8,11,16-17H,9-10,12-13H2,1-2H3,(H,21,23). The van der Waals surface area contributed by atoms with Crippen molar-refractivity contribution in [3.63, 3.8) is 0 Å². The lowest BCUT2D eigenvalue weighted by molar-refractivity contribution is -0.125. The molecule has 0 radical (unpaired) electrons. The second-order valence-electron chi connectivity index (χ2n) is 6.59. The topological polar surface area (TPSA) is 58.6 Å². The maximum absolute atomic E-state index is 12.8. The molecule has 2 aromatic rings. The normalized spacial score (nSPS) is 19.5. The van der Waals surface area contributed by atoms with E-state index >= 15 is 0 Å². The van der Waals surface area contributed by atoms with Gasteiger partial charge in [-0.05, 0) is 23.9 Å². The average Bonchev–Trinajstić information content (AvgIpc) is 3.32. The lowest BCUT2D eigenvalue weighted by Gasteiger charge is -2.18. The zero-order chi connectivity index (χ0) is 18.5. The molecule has 5 nitrogen and oxygen atoms in total. The number of carbonyl (C=O) groups excluding carboxylic acids is 2. The van der Waals surface area contributed by atoms with Gasteiger partial charge in [-0.15, -0.1) is 11.3 Å². The smallest absolute Gasteiger partial charge is 0.263 e. The molecule has 6 heteroatoms. The summed E-state index contributed by atoms with van der Waals surface area (Å²) in [6.45, 7) is 3.99. The second kappa shape index (κ2) is 8.47. The van der Waals surface area contributed by atoms with E-state index in [1.54, 1.807) is 12.0 Å². The molecule has 1 aliphatic heterocycles. The van der Waals surface area contributed by atoms with E-state index in [1.807, 2.05) is 24.4 Å². The van der Waals surface area contributed by atoms with Crippen molar-refractivity contribution >= 4 is 23.2 Å². The Balaban J connectivity index is 1.79. The Bertz CT molecular complexity index is 743. The lowest BCUT2D eigenvalue weighted by Crippen LogP contribution is -2.37. The summed E-state index contributed by atoms with van der Waals surface area (Å²) < 4.78 is 5.01. The van der Waals surface area contributed by atoms with E-state index in [4.69, 9.17) is 4.74 Å². The Morgan fingerprint density at radius 2 is 2.00 bits per heavy atom. The molecular formula is C20H24N2O3S. The number of nitrogens with one attached hydrogen (secondary N) is 1. The molecule has 0 bridgehead atoms. The van der Waals surface area contributed by atoms with E-state index in [-0.39, 0.29) is 23.7 Å². The zero-order valence-corrected chi connectivity index (χ0v) is 15.9. The number of methoxy groups -OCH3 is 1. The summed E-state index contributed by atoms with van der Waals surface area (Å²) in [6, 6.07) is 11.9. The Hall–Kier alpha value is -2.18. The van der Waals surface area contributed by atoms with Gasteiger partial charge in [0.25, 0.3) is 5.91 Å². The number of thiophene rings is 1. The van der Waals surface area contributed by atoms with Crippen molar-refractivity contribution in [1.82, 2.24) is 10.2 Å². The molecule has 1 fully saturated rings. The van der Waals surface area contributed by atoms with Crippen molar-refractivity contribution < 1.29 is 14.3 Å². The Morgan fingerprint density at radius 3 is 2.65 bits per heavy atom. The van der Waals surface area contributed by atoms with Crippen LogP contribution in [0.1, 0.15) is 26.7 Å². The number of hydrogen-bond donors (Lipinski definition) is 1. The van der Waals surface area contributed by atoms with Crippen LogP contribution < -0.4 is 5.32 Å². The van der Waals surface area contributed by atoms with Crippen molar-refractivity contribution in [2.24, 2.45) is 5.92 Å². The van der Waals surface area contributed by atoms with Crippen molar-refractivity contribution in [1.29, 1.82) is 0 Å². The largest absolute Gasteiger partial charge is 0.383 e. The highest BCUT2D eigenvalue weighted by molar-refractivity contribution is 7.12. The van der Waals surface area contributed by atoms with Gasteiger partial charge in [0.05, 0.1) is 17.4 Å². The molecule has 1 aromatic carbocycles. The van der Waals surface area contributed by atoms with Crippen molar-refractivity contribution in [3.05, 3.63) is 57.8 Å². The first-order valence-corrected chi connectivity index (χ1v) is 9.64. The van der Waals surface area contributed by atoms with E-state index < -0.39 is 0 Å². The first kappa shape index (κ1) is 18.6. The summed E-state index contributed by atoms with van der Waals surface area (Å²) in [5.41, 5.74) is 2.28. The van der Waals surface area contributed by atoms with Gasteiger partial charge >= 0.3 is 0 Å². The Morgan fingerprint density at radius 1 is 1.23 bits per heavy atom. The van der Waals surface area contributed by atoms with Crippen LogP contribution in [0.5, 0.6) is 0 Å². The quantitative estimate of drug-likeness (QED) is 0.793. The fourth-order valence-electron chi connectivity index (χ4n) is 3.35. The molecule has 2 atom stereocenters. The molecule has 2 unspecified atom stereocenters. The molecule has 0 aliphatic carbocycles. The van der Waals surface area contributed by atoms with Gasteiger partial charge < -0.3 is 15.0 Å². The molecule has 2 amide bonds. The molecule has 0 saturated carbocycles. The molecule has 0 spiro atoms. The monoisotopic (exact) mass is 372 g/mol. The van der Waals surface area contributed by atoms with Crippen LogP contribution in [0.3, 0.4) is 0 Å². The van der Waals surface area contributed by atoms with Crippen LogP contribution in [0.15, 0.2) is 41.8 Å². The van der Waals surface area contributed by atoms with Crippen LogP contribution in [0.4, 0.5) is 0 Å². The number of ether oxygens (including phenoxy) is 1. The summed E-state index contributed by atoms with van der Waals surface area (Å²) in [5.74, 6) is -0.265. The maximum Gasteiger partial charge on any atom is 0.263 e. The zero-order valence-electron chi connectivity index (χ0n) is 15.1. The van der Waals surface area contributed by atoms with Gasteiger partial charge in [0, 0.05) is 32.7 Å². The summed E-state index contributed by atoms with van der Waals surface area (Å²) in [5, 5.41) is 4.83. The first-order chi connectivity index (χ1) is 12.6. The van der Waals surface area contributed by atoms with E-state index in [9.17, 15) is 9.59 Å². The number of nitrogens with zero attached hydrogens (tertiary/aromatic N) is 1. The predicted octanol–water partition coefficient (Wildman–Crippen LogP) is 2.67. The van der Waals surface area contributed by atoms with Crippen molar-refractivity contribution in [2.45, 2.75) is 12.8 Å². The second-order valence-corrected chi connectivity index (χ2v) is 7.54. The highest BCUT2D eigenvalue weighted by Gasteiger charge is 2.40. The number of benzene rings is 1. The van der Waals surface area contributed by atoms with E-state index in [1.165, 1.54) is 16.9 Å². The minimum atomic E-state index is -0.251. The third-order valence-electron chi connectivity index (χ3n) is 4.79. The maximum atomic E-state index is 12.8. The van der Waals surface area contributed by atoms with Crippen molar-refractivity contribution in [2.75, 3.05) is 33.4 Å². The molecule has 1 saturated heterocycles. The highest BCUT2D eigenvalue weighted by Crippen LogP contribution is 2.34. The molecule has 138 valence electrons. The van der Waals surface area contributed by atoms with Crippen LogP contribution in [0.2, 0.25) is 0 Å². The van der Waals surface area contributed by atoms with Gasteiger partial charge in [-0.3, -0.25) is 9.59 Å². The molecule has 1 aromatic heterocycles. The average molecular weight is 372 g/mol. The lowest BCUT2D eigenvalue weighted by atomic mass is 9.88. The fourth-order valence-corrected chi connectivity index (χ4v) is 4.04. The van der Waals surface area contributed by atoms with Gasteiger partial charge in [0.15, 0.2) is 0 Å². The van der Waals surface area contributed by atoms with E-state index in [0.717, 1.165) is 5.56 Å². The number of carbonyl (C=O) groups is 2. The number of likely N-dealkylation sites (tertiary alicyclic amines) is 1. The van der Waals surface area contributed by atoms with Crippen LogP contribution in [0.25, 0.3) is 0 Å². The van der Waals surface area contributed by atoms with Crippen LogP contribution >= 0.6 is 11.3 Å². The minimum absolute atomic E-state index is 0.00190. The van der Waals surface area contributed by atoms with Crippen LogP contribution in [-0.2, 0) is 9.53 Å². The van der Waals surface area contributed by atoms with E-state index in [0.29, 0.717) is 31.1 Å². The van der Waals surface area contributed by atoms with Gasteiger partial charge in [0.1, 0.15) is 0 Å². The summed E-state index contributed by atoms with van der Waals surface area (Å²) >= 11 is 1.44. The van der Waals surface area contributed by atoms with E-state index in [2.05, 4.69) is 29.6 Å². The Kier molecular flexibility index (Phi) is 6.06. The van der Waals surface area contributed by atoms with Gasteiger partial charge in [-0.1, -0.05) is 35.9 Å². The van der Waals surface area contributed by atoms with Crippen molar-refractivity contribution in [3.8, 4) is 0 Å². The number of aryl methyl sites for hydroxylation is 1. The first-order valence-electron chi connectivity index (χ1n) is 8.76. The summed E-state index contributed by atoms with van der Waals surface area (Å²) in [7, 11) is 1.61. The molecule has 2 heterocycles. The molecule has 1 aliphatic rings. The highest BCUT2D eigenvalue weighted by atomic mass is 32.1. The molecular weight excluding hydrogens is 348 g/mol. The minimum Gasteiger partial charge on any atom is -0.383 e. The molecule has 26 heavy (non-hydrogen) atoms. The SMILES string of the molecule is COCCNC(=O)C1CN(C(=O)c2cccs2)CC1c1ccc(C)cc1. The van der Waals surface area contributed by atoms with Gasteiger partial charge in [-0.25, -0.2) is 0 Å². The molecule has 1 N–H and O–H groups in total. The molecule has 3 rings (SSSR count). The summed E-state index contributed by atoms with van der Waals surface area (Å²) in [4.78, 5) is 28.0. The number of hydrogen-bond acceptors (Lipinski definition) is 4. The predicted molar refractivity (Wildman–Crippen MR) is 103 cm³/mol. The Labute approximate surface area is 158 Å².